The van der Waals surface area contributed by atoms with E-state index in [1.807, 2.05) is 23.9 Å². The van der Waals surface area contributed by atoms with Crippen molar-refractivity contribution in [2.24, 2.45) is 0 Å². The van der Waals surface area contributed by atoms with Crippen LogP contribution in [0.2, 0.25) is 0 Å². The maximum absolute atomic E-state index is 4.69. The van der Waals surface area contributed by atoms with Gasteiger partial charge in [0.2, 0.25) is 5.95 Å². The second kappa shape index (κ2) is 6.98. The van der Waals surface area contributed by atoms with Crippen molar-refractivity contribution in [1.29, 1.82) is 0 Å². The summed E-state index contributed by atoms with van der Waals surface area (Å²) in [7, 11) is 0. The summed E-state index contributed by atoms with van der Waals surface area (Å²) >= 11 is 2.02. The Labute approximate surface area is 130 Å². The van der Waals surface area contributed by atoms with Gasteiger partial charge in [0.05, 0.1) is 5.52 Å². The predicted octanol–water partition coefficient (Wildman–Crippen LogP) is 3.76. The molecule has 2 heterocycles. The summed E-state index contributed by atoms with van der Waals surface area (Å²) in [5.41, 5.74) is 0.997. The molecule has 0 bridgehead atoms. The SMILES string of the molecule is CCCNc1nc(NC2CCCSC2)c2ccccc2n1. The molecule has 1 atom stereocenters. The van der Waals surface area contributed by atoms with E-state index in [2.05, 4.69) is 39.7 Å². The molecule has 21 heavy (non-hydrogen) atoms. The quantitative estimate of drug-likeness (QED) is 0.880. The molecule has 0 amide bonds. The van der Waals surface area contributed by atoms with Crippen LogP contribution in [0.1, 0.15) is 26.2 Å². The van der Waals surface area contributed by atoms with Gasteiger partial charge in [-0.25, -0.2) is 4.98 Å². The van der Waals surface area contributed by atoms with Crippen LogP contribution in [-0.4, -0.2) is 34.1 Å². The zero-order valence-corrected chi connectivity index (χ0v) is 13.2. The minimum Gasteiger partial charge on any atom is -0.366 e. The summed E-state index contributed by atoms with van der Waals surface area (Å²) in [4.78, 5) is 9.29. The summed E-state index contributed by atoms with van der Waals surface area (Å²) in [6, 6.07) is 8.73. The van der Waals surface area contributed by atoms with Gasteiger partial charge in [0.25, 0.3) is 0 Å². The average Bonchev–Trinajstić information content (AvgIpc) is 2.54. The molecule has 1 unspecified atom stereocenters. The second-order valence-electron chi connectivity index (χ2n) is 5.40. The maximum atomic E-state index is 4.69. The molecular formula is C16H22N4S. The van der Waals surface area contributed by atoms with Crippen molar-refractivity contribution in [2.75, 3.05) is 28.7 Å². The molecule has 5 heteroatoms. The number of aromatic nitrogens is 2. The van der Waals surface area contributed by atoms with E-state index in [4.69, 9.17) is 0 Å². The summed E-state index contributed by atoms with van der Waals surface area (Å²) in [6.45, 7) is 3.05. The van der Waals surface area contributed by atoms with Gasteiger partial charge in [-0.1, -0.05) is 19.1 Å². The predicted molar refractivity (Wildman–Crippen MR) is 92.3 cm³/mol. The molecular weight excluding hydrogens is 280 g/mol. The summed E-state index contributed by atoms with van der Waals surface area (Å²) < 4.78 is 0. The third kappa shape index (κ3) is 3.59. The topological polar surface area (TPSA) is 49.8 Å². The van der Waals surface area contributed by atoms with E-state index in [9.17, 15) is 0 Å². The average molecular weight is 302 g/mol. The molecule has 2 N–H and O–H groups in total. The number of nitrogens with one attached hydrogen (secondary N) is 2. The van der Waals surface area contributed by atoms with Crippen LogP contribution in [-0.2, 0) is 0 Å². The zero-order chi connectivity index (χ0) is 14.5. The van der Waals surface area contributed by atoms with Gasteiger partial charge in [-0.05, 0) is 37.1 Å². The van der Waals surface area contributed by atoms with Gasteiger partial charge in [-0.3, -0.25) is 0 Å². The van der Waals surface area contributed by atoms with Crippen LogP contribution in [0, 0.1) is 0 Å². The first-order valence-corrected chi connectivity index (χ1v) is 8.87. The molecule has 2 aromatic rings. The Kier molecular flexibility index (Phi) is 4.80. The van der Waals surface area contributed by atoms with Crippen molar-refractivity contribution in [3.8, 4) is 0 Å². The van der Waals surface area contributed by atoms with E-state index < -0.39 is 0 Å². The van der Waals surface area contributed by atoms with Crippen LogP contribution in [0.3, 0.4) is 0 Å². The summed E-state index contributed by atoms with van der Waals surface area (Å²) in [5, 5.41) is 8.03. The third-order valence-electron chi connectivity index (χ3n) is 3.64. The first-order chi connectivity index (χ1) is 10.4. The van der Waals surface area contributed by atoms with Crippen molar-refractivity contribution >= 4 is 34.4 Å². The van der Waals surface area contributed by atoms with Gasteiger partial charge in [0, 0.05) is 23.7 Å². The van der Waals surface area contributed by atoms with Crippen molar-refractivity contribution in [1.82, 2.24) is 9.97 Å². The molecule has 1 aliphatic heterocycles. The summed E-state index contributed by atoms with van der Waals surface area (Å²) in [6.07, 6.45) is 3.58. The molecule has 4 nitrogen and oxygen atoms in total. The van der Waals surface area contributed by atoms with Crippen LogP contribution in [0.25, 0.3) is 10.9 Å². The van der Waals surface area contributed by atoms with Crippen molar-refractivity contribution < 1.29 is 0 Å². The van der Waals surface area contributed by atoms with E-state index in [-0.39, 0.29) is 0 Å². The molecule has 1 aromatic carbocycles. The molecule has 1 fully saturated rings. The van der Waals surface area contributed by atoms with Crippen molar-refractivity contribution in [2.45, 2.75) is 32.2 Å². The van der Waals surface area contributed by atoms with E-state index in [0.29, 0.717) is 6.04 Å². The minimum atomic E-state index is 0.515. The van der Waals surface area contributed by atoms with Crippen LogP contribution in [0.5, 0.6) is 0 Å². The number of hydrogen-bond acceptors (Lipinski definition) is 5. The Balaban J connectivity index is 1.89. The lowest BCUT2D eigenvalue weighted by Crippen LogP contribution is -2.26. The number of fused-ring (bicyclic) bond motifs is 1. The van der Waals surface area contributed by atoms with Gasteiger partial charge >= 0.3 is 0 Å². The summed E-state index contributed by atoms with van der Waals surface area (Å²) in [5.74, 6) is 4.13. The Morgan fingerprint density at radius 1 is 1.29 bits per heavy atom. The highest BCUT2D eigenvalue weighted by Crippen LogP contribution is 2.25. The molecule has 1 aromatic heterocycles. The Morgan fingerprint density at radius 2 is 2.19 bits per heavy atom. The highest BCUT2D eigenvalue weighted by Gasteiger charge is 2.16. The van der Waals surface area contributed by atoms with Crippen molar-refractivity contribution in [3.05, 3.63) is 24.3 Å². The zero-order valence-electron chi connectivity index (χ0n) is 12.4. The first kappa shape index (κ1) is 14.4. The molecule has 0 radical (unpaired) electrons. The number of para-hydroxylation sites is 1. The Morgan fingerprint density at radius 3 is 3.00 bits per heavy atom. The van der Waals surface area contributed by atoms with E-state index in [1.54, 1.807) is 0 Å². The molecule has 0 spiro atoms. The third-order valence-corrected chi connectivity index (χ3v) is 4.85. The Bertz CT molecular complexity index is 596. The fourth-order valence-electron chi connectivity index (χ4n) is 2.55. The minimum absolute atomic E-state index is 0.515. The molecule has 1 aliphatic rings. The molecule has 112 valence electrons. The van der Waals surface area contributed by atoms with E-state index in [0.717, 1.165) is 41.4 Å². The number of anilines is 2. The standard InChI is InChI=1S/C16H22N4S/c1-2-9-17-16-19-14-8-4-3-7-13(14)15(20-16)18-12-6-5-10-21-11-12/h3-4,7-8,12H,2,5-6,9-11H2,1H3,(H2,17,18,19,20). The number of thioether (sulfide) groups is 1. The smallest absolute Gasteiger partial charge is 0.225 e. The van der Waals surface area contributed by atoms with E-state index >= 15 is 0 Å². The lowest BCUT2D eigenvalue weighted by molar-refractivity contribution is 0.683. The normalized spacial score (nSPS) is 18.6. The van der Waals surface area contributed by atoms with Gasteiger partial charge < -0.3 is 10.6 Å². The van der Waals surface area contributed by atoms with Crippen LogP contribution < -0.4 is 10.6 Å². The van der Waals surface area contributed by atoms with Gasteiger partial charge in [0.1, 0.15) is 5.82 Å². The lowest BCUT2D eigenvalue weighted by Gasteiger charge is -2.23. The van der Waals surface area contributed by atoms with E-state index in [1.165, 1.54) is 18.6 Å². The van der Waals surface area contributed by atoms with Gasteiger partial charge in [0.15, 0.2) is 0 Å². The monoisotopic (exact) mass is 302 g/mol. The highest BCUT2D eigenvalue weighted by atomic mass is 32.2. The van der Waals surface area contributed by atoms with Gasteiger partial charge in [-0.2, -0.15) is 16.7 Å². The van der Waals surface area contributed by atoms with Crippen LogP contribution in [0.4, 0.5) is 11.8 Å². The number of rotatable bonds is 5. The number of benzene rings is 1. The van der Waals surface area contributed by atoms with Gasteiger partial charge in [-0.15, -0.1) is 0 Å². The first-order valence-electron chi connectivity index (χ1n) is 7.71. The van der Waals surface area contributed by atoms with Crippen LogP contribution >= 0.6 is 11.8 Å². The fourth-order valence-corrected chi connectivity index (χ4v) is 3.62. The largest absolute Gasteiger partial charge is 0.366 e. The fraction of sp³-hybridized carbons (Fsp3) is 0.500. The second-order valence-corrected chi connectivity index (χ2v) is 6.55. The number of nitrogens with zero attached hydrogens (tertiary/aromatic N) is 2. The maximum Gasteiger partial charge on any atom is 0.225 e. The highest BCUT2D eigenvalue weighted by molar-refractivity contribution is 7.99. The van der Waals surface area contributed by atoms with Crippen LogP contribution in [0.15, 0.2) is 24.3 Å². The molecule has 0 aliphatic carbocycles. The van der Waals surface area contributed by atoms with Crippen molar-refractivity contribution in [3.63, 3.8) is 0 Å². The molecule has 1 saturated heterocycles. The number of hydrogen-bond donors (Lipinski definition) is 2. The lowest BCUT2D eigenvalue weighted by atomic mass is 10.1. The molecule has 3 rings (SSSR count). The molecule has 0 saturated carbocycles. The Hall–Kier alpha value is -1.49.